The first kappa shape index (κ1) is 10.7. The van der Waals surface area contributed by atoms with Crippen LogP contribution < -0.4 is 0 Å². The summed E-state index contributed by atoms with van der Waals surface area (Å²) < 4.78 is 0. The Labute approximate surface area is 99.7 Å². The number of hydrogen-bond donors (Lipinski definition) is 1. The number of benzene rings is 2. The molecule has 1 N–H and O–H groups in total. The Kier molecular flexibility index (Phi) is 2.93. The maximum Gasteiger partial charge on any atom is 0.0650 e. The molecule has 0 unspecified atom stereocenters. The summed E-state index contributed by atoms with van der Waals surface area (Å²) >= 11 is 0. The molecule has 0 spiro atoms. The van der Waals surface area contributed by atoms with E-state index in [2.05, 4.69) is 52.7 Å². The summed E-state index contributed by atoms with van der Waals surface area (Å²) in [5, 5.41) is 9.44. The molecule has 0 aliphatic heterocycles. The fourth-order valence-electron chi connectivity index (χ4n) is 1.77. The standard InChI is InChI=1S/C13H10N2.ClH/c1-2-4-11-9-12(6-5-10(11)3-1)13-7-8-14-15-13;/h1-9H,(H,14,15);1H. The van der Waals surface area contributed by atoms with Gasteiger partial charge in [0.1, 0.15) is 0 Å². The van der Waals surface area contributed by atoms with Crippen LogP contribution in [0.4, 0.5) is 0 Å². The maximum atomic E-state index is 3.95. The molecular weight excluding hydrogens is 220 g/mol. The quantitative estimate of drug-likeness (QED) is 0.679. The summed E-state index contributed by atoms with van der Waals surface area (Å²) in [5.41, 5.74) is 2.23. The molecule has 0 amide bonds. The van der Waals surface area contributed by atoms with Crippen molar-refractivity contribution in [3.8, 4) is 11.3 Å². The van der Waals surface area contributed by atoms with Gasteiger partial charge in [-0.2, -0.15) is 5.10 Å². The smallest absolute Gasteiger partial charge is 0.0650 e. The van der Waals surface area contributed by atoms with Gasteiger partial charge in [-0.1, -0.05) is 36.4 Å². The number of nitrogens with one attached hydrogen (secondary N) is 1. The average Bonchev–Trinajstić information content (AvgIpc) is 2.82. The maximum absolute atomic E-state index is 3.95. The third-order valence-corrected chi connectivity index (χ3v) is 2.56. The predicted octanol–water partition coefficient (Wildman–Crippen LogP) is 3.65. The van der Waals surface area contributed by atoms with Crippen LogP contribution in [0.25, 0.3) is 22.0 Å². The highest BCUT2D eigenvalue weighted by molar-refractivity contribution is 5.86. The van der Waals surface area contributed by atoms with Crippen LogP contribution in [0.15, 0.2) is 54.7 Å². The molecule has 3 aromatic rings. The number of fused-ring (bicyclic) bond motifs is 1. The molecule has 3 rings (SSSR count). The van der Waals surface area contributed by atoms with Gasteiger partial charge in [-0.05, 0) is 22.9 Å². The van der Waals surface area contributed by atoms with E-state index in [1.807, 2.05) is 6.07 Å². The molecule has 0 aliphatic carbocycles. The highest BCUT2D eigenvalue weighted by Crippen LogP contribution is 2.22. The van der Waals surface area contributed by atoms with E-state index in [-0.39, 0.29) is 12.4 Å². The predicted molar refractivity (Wildman–Crippen MR) is 68.8 cm³/mol. The summed E-state index contributed by atoms with van der Waals surface area (Å²) in [5.74, 6) is 0. The van der Waals surface area contributed by atoms with Gasteiger partial charge in [-0.25, -0.2) is 0 Å². The van der Waals surface area contributed by atoms with Gasteiger partial charge in [0.25, 0.3) is 0 Å². The normalized spacial score (nSPS) is 10.0. The fourth-order valence-corrected chi connectivity index (χ4v) is 1.77. The highest BCUT2D eigenvalue weighted by Gasteiger charge is 1.99. The first-order valence-corrected chi connectivity index (χ1v) is 4.92. The van der Waals surface area contributed by atoms with Crippen molar-refractivity contribution in [2.45, 2.75) is 0 Å². The van der Waals surface area contributed by atoms with Crippen LogP contribution in [0.5, 0.6) is 0 Å². The van der Waals surface area contributed by atoms with Gasteiger partial charge in [-0.15, -0.1) is 12.4 Å². The highest BCUT2D eigenvalue weighted by atomic mass is 35.5. The lowest BCUT2D eigenvalue weighted by Gasteiger charge is -2.00. The molecule has 0 aliphatic rings. The summed E-state index contributed by atoms with van der Waals surface area (Å²) in [6.45, 7) is 0. The number of hydrogen-bond acceptors (Lipinski definition) is 1. The third-order valence-electron chi connectivity index (χ3n) is 2.56. The number of H-pyrrole nitrogens is 1. The molecule has 1 heterocycles. The molecule has 3 heteroatoms. The molecule has 2 aromatic carbocycles. The summed E-state index contributed by atoms with van der Waals surface area (Å²) in [4.78, 5) is 0. The van der Waals surface area contributed by atoms with Crippen LogP contribution >= 0.6 is 12.4 Å². The van der Waals surface area contributed by atoms with Gasteiger partial charge >= 0.3 is 0 Å². The Hall–Kier alpha value is -1.80. The number of aromatic nitrogens is 2. The Bertz CT molecular complexity index is 588. The Morgan fingerprint density at radius 2 is 1.69 bits per heavy atom. The molecule has 0 saturated heterocycles. The van der Waals surface area contributed by atoms with Crippen molar-refractivity contribution in [1.29, 1.82) is 0 Å². The molecule has 0 fully saturated rings. The first-order chi connectivity index (χ1) is 7.43. The van der Waals surface area contributed by atoms with Crippen molar-refractivity contribution in [3.05, 3.63) is 54.7 Å². The molecule has 0 bridgehead atoms. The van der Waals surface area contributed by atoms with Crippen LogP contribution in [-0.2, 0) is 0 Å². The summed E-state index contributed by atoms with van der Waals surface area (Å²) in [7, 11) is 0. The largest absolute Gasteiger partial charge is 0.278 e. The van der Waals surface area contributed by atoms with Crippen LogP contribution in [0.3, 0.4) is 0 Å². The molecule has 0 radical (unpaired) electrons. The van der Waals surface area contributed by atoms with Crippen molar-refractivity contribution in [2.24, 2.45) is 0 Å². The van der Waals surface area contributed by atoms with Crippen LogP contribution in [0.1, 0.15) is 0 Å². The minimum Gasteiger partial charge on any atom is -0.278 e. The number of nitrogens with zero attached hydrogens (tertiary/aromatic N) is 1. The molecule has 80 valence electrons. The van der Waals surface area contributed by atoms with E-state index in [4.69, 9.17) is 0 Å². The van der Waals surface area contributed by atoms with Gasteiger partial charge < -0.3 is 0 Å². The summed E-state index contributed by atoms with van der Waals surface area (Å²) in [6, 6.07) is 16.7. The van der Waals surface area contributed by atoms with Crippen molar-refractivity contribution >= 4 is 23.2 Å². The number of aromatic amines is 1. The Morgan fingerprint density at radius 3 is 2.44 bits per heavy atom. The lowest BCUT2D eigenvalue weighted by Crippen LogP contribution is -1.78. The van der Waals surface area contributed by atoms with E-state index in [0.29, 0.717) is 0 Å². The van der Waals surface area contributed by atoms with E-state index in [0.717, 1.165) is 5.69 Å². The zero-order valence-electron chi connectivity index (χ0n) is 8.55. The van der Waals surface area contributed by atoms with Crippen LogP contribution in [0, 0.1) is 0 Å². The topological polar surface area (TPSA) is 28.7 Å². The van der Waals surface area contributed by atoms with E-state index in [1.54, 1.807) is 6.20 Å². The van der Waals surface area contributed by atoms with Crippen LogP contribution in [0.2, 0.25) is 0 Å². The zero-order chi connectivity index (χ0) is 10.1. The molecule has 0 atom stereocenters. The van der Waals surface area contributed by atoms with E-state index < -0.39 is 0 Å². The van der Waals surface area contributed by atoms with Gasteiger partial charge in [0.05, 0.1) is 5.69 Å². The molecule has 0 saturated carbocycles. The minimum absolute atomic E-state index is 0. The average molecular weight is 231 g/mol. The lowest BCUT2D eigenvalue weighted by molar-refractivity contribution is 1.10. The third kappa shape index (κ3) is 1.79. The molecule has 16 heavy (non-hydrogen) atoms. The Balaban J connectivity index is 0.000000963. The minimum atomic E-state index is 0. The number of rotatable bonds is 1. The summed E-state index contributed by atoms with van der Waals surface area (Å²) in [6.07, 6.45) is 1.77. The van der Waals surface area contributed by atoms with Crippen molar-refractivity contribution in [1.82, 2.24) is 10.2 Å². The second-order valence-electron chi connectivity index (χ2n) is 3.53. The van der Waals surface area contributed by atoms with Crippen molar-refractivity contribution in [3.63, 3.8) is 0 Å². The van der Waals surface area contributed by atoms with Gasteiger partial charge in [0, 0.05) is 11.8 Å². The van der Waals surface area contributed by atoms with Gasteiger partial charge in [-0.3, -0.25) is 5.10 Å². The lowest BCUT2D eigenvalue weighted by atomic mass is 10.1. The second kappa shape index (κ2) is 4.37. The van der Waals surface area contributed by atoms with Crippen molar-refractivity contribution in [2.75, 3.05) is 0 Å². The number of halogens is 1. The molecular formula is C13H11ClN2. The monoisotopic (exact) mass is 230 g/mol. The van der Waals surface area contributed by atoms with Gasteiger partial charge in [0.2, 0.25) is 0 Å². The van der Waals surface area contributed by atoms with E-state index in [9.17, 15) is 0 Å². The molecule has 2 nitrogen and oxygen atoms in total. The fraction of sp³-hybridized carbons (Fsp3) is 0. The van der Waals surface area contributed by atoms with Crippen LogP contribution in [-0.4, -0.2) is 10.2 Å². The second-order valence-corrected chi connectivity index (χ2v) is 3.53. The van der Waals surface area contributed by atoms with Gasteiger partial charge in [0.15, 0.2) is 0 Å². The SMILES string of the molecule is Cl.c1ccc2cc(-c3ccn[nH]3)ccc2c1. The first-order valence-electron chi connectivity index (χ1n) is 4.92. The Morgan fingerprint density at radius 1 is 0.875 bits per heavy atom. The van der Waals surface area contributed by atoms with Crippen molar-refractivity contribution < 1.29 is 0 Å². The van der Waals surface area contributed by atoms with E-state index >= 15 is 0 Å². The zero-order valence-corrected chi connectivity index (χ0v) is 9.37. The van der Waals surface area contributed by atoms with E-state index in [1.165, 1.54) is 16.3 Å². The molecule has 1 aromatic heterocycles.